The van der Waals surface area contributed by atoms with Gasteiger partial charge in [0.25, 0.3) is 5.89 Å². The van der Waals surface area contributed by atoms with E-state index in [1.165, 1.54) is 12.3 Å². The molecule has 1 aromatic carbocycles. The third kappa shape index (κ3) is 5.96. The molecule has 0 unspecified atom stereocenters. The minimum atomic E-state index is -0.237. The Morgan fingerprint density at radius 3 is 2.84 bits per heavy atom. The minimum absolute atomic E-state index is 0.237. The van der Waals surface area contributed by atoms with Gasteiger partial charge in [0.1, 0.15) is 18.1 Å². The largest absolute Gasteiger partial charge is 0.382 e. The maximum atomic E-state index is 12.6. The molecule has 4 aromatic rings. The van der Waals surface area contributed by atoms with Crippen molar-refractivity contribution in [1.82, 2.24) is 19.5 Å². The number of pyridine rings is 1. The Hall–Kier alpha value is -3.63. The lowest BCUT2D eigenvalue weighted by Gasteiger charge is -2.04. The number of hydrogen-bond donors (Lipinski definition) is 1. The van der Waals surface area contributed by atoms with Gasteiger partial charge in [-0.15, -0.1) is 0 Å². The SMILES string of the molecule is COCCOCc1nc(-c2ccc(C)c(NC=O)c2)no1.Cc1cnc2ccc(F)cn12. The molecule has 0 saturated heterocycles. The Balaban J connectivity index is 0.000000219. The van der Waals surface area contributed by atoms with E-state index in [-0.39, 0.29) is 12.4 Å². The number of anilines is 1. The molecule has 32 heavy (non-hydrogen) atoms. The van der Waals surface area contributed by atoms with Crippen LogP contribution in [0.4, 0.5) is 10.1 Å². The van der Waals surface area contributed by atoms with Gasteiger partial charge >= 0.3 is 0 Å². The standard InChI is InChI=1S/C14H17N3O4.C8H7FN2/c1-10-3-4-11(7-12(10)15-9-18)14-16-13(21-17-14)8-20-6-5-19-2;1-6-4-10-8-3-2-7(9)5-11(6)8/h3-4,7,9H,5-6,8H2,1-2H3,(H,15,18);2-5H,1H3. The van der Waals surface area contributed by atoms with E-state index in [0.29, 0.717) is 37.0 Å². The molecule has 4 rings (SSSR count). The second kappa shape index (κ2) is 11.1. The summed E-state index contributed by atoms with van der Waals surface area (Å²) in [4.78, 5) is 18.9. The van der Waals surface area contributed by atoms with E-state index in [0.717, 1.165) is 22.5 Å². The van der Waals surface area contributed by atoms with Crippen LogP contribution in [0.2, 0.25) is 0 Å². The summed E-state index contributed by atoms with van der Waals surface area (Å²) in [6.07, 6.45) is 3.78. The van der Waals surface area contributed by atoms with Gasteiger partial charge in [-0.05, 0) is 37.6 Å². The van der Waals surface area contributed by atoms with Crippen molar-refractivity contribution >= 4 is 17.7 Å². The quantitative estimate of drug-likeness (QED) is 0.329. The zero-order valence-electron chi connectivity index (χ0n) is 18.0. The summed E-state index contributed by atoms with van der Waals surface area (Å²) >= 11 is 0. The summed E-state index contributed by atoms with van der Waals surface area (Å²) < 4.78 is 29.7. The van der Waals surface area contributed by atoms with E-state index in [9.17, 15) is 9.18 Å². The molecule has 3 aromatic heterocycles. The number of halogens is 1. The number of hydrogen-bond acceptors (Lipinski definition) is 7. The highest BCUT2D eigenvalue weighted by atomic mass is 19.1. The van der Waals surface area contributed by atoms with Crippen LogP contribution < -0.4 is 5.32 Å². The number of imidazole rings is 1. The molecule has 0 spiro atoms. The predicted molar refractivity (Wildman–Crippen MR) is 116 cm³/mol. The van der Waals surface area contributed by atoms with Crippen molar-refractivity contribution in [2.75, 3.05) is 25.6 Å². The first-order valence-electron chi connectivity index (χ1n) is 9.81. The molecule has 0 saturated carbocycles. The van der Waals surface area contributed by atoms with E-state index in [1.807, 2.05) is 26.0 Å². The van der Waals surface area contributed by atoms with Crippen molar-refractivity contribution < 1.29 is 23.2 Å². The van der Waals surface area contributed by atoms with Crippen LogP contribution in [0.15, 0.2) is 47.2 Å². The number of nitrogens with one attached hydrogen (secondary N) is 1. The monoisotopic (exact) mass is 441 g/mol. The molecule has 10 heteroatoms. The van der Waals surface area contributed by atoms with Crippen molar-refractivity contribution in [3.63, 3.8) is 0 Å². The second-order valence-electron chi connectivity index (χ2n) is 6.82. The molecule has 1 N–H and O–H groups in total. The number of aromatic nitrogens is 4. The molecule has 168 valence electrons. The zero-order chi connectivity index (χ0) is 22.9. The van der Waals surface area contributed by atoms with E-state index >= 15 is 0 Å². The minimum Gasteiger partial charge on any atom is -0.382 e. The highest BCUT2D eigenvalue weighted by Gasteiger charge is 2.10. The molecule has 0 atom stereocenters. The van der Waals surface area contributed by atoms with Crippen LogP contribution in [0.5, 0.6) is 0 Å². The van der Waals surface area contributed by atoms with Gasteiger partial charge in [-0.3, -0.25) is 4.79 Å². The number of ether oxygens (including phenoxy) is 2. The van der Waals surface area contributed by atoms with Crippen LogP contribution in [0, 0.1) is 19.7 Å². The summed E-state index contributed by atoms with van der Waals surface area (Å²) in [5, 5.41) is 6.54. The highest BCUT2D eigenvalue weighted by Crippen LogP contribution is 2.23. The number of nitrogens with zero attached hydrogens (tertiary/aromatic N) is 4. The Kier molecular flexibility index (Phi) is 8.01. The average Bonchev–Trinajstić information content (AvgIpc) is 3.41. The van der Waals surface area contributed by atoms with Gasteiger partial charge in [-0.25, -0.2) is 9.37 Å². The van der Waals surface area contributed by atoms with Crippen molar-refractivity contribution in [3.05, 3.63) is 65.7 Å². The number of benzene rings is 1. The molecular formula is C22H24FN5O4. The molecular weight excluding hydrogens is 417 g/mol. The van der Waals surface area contributed by atoms with Gasteiger partial charge in [0.05, 0.1) is 13.2 Å². The lowest BCUT2D eigenvalue weighted by molar-refractivity contribution is -0.105. The van der Waals surface area contributed by atoms with E-state index in [4.69, 9.17) is 14.0 Å². The summed E-state index contributed by atoms with van der Waals surface area (Å²) in [7, 11) is 1.61. The number of fused-ring (bicyclic) bond motifs is 1. The molecule has 0 aliphatic carbocycles. The van der Waals surface area contributed by atoms with Crippen molar-refractivity contribution in [2.45, 2.75) is 20.5 Å². The molecule has 3 heterocycles. The Bertz CT molecular complexity index is 1170. The van der Waals surface area contributed by atoms with Gasteiger partial charge in [0.15, 0.2) is 0 Å². The highest BCUT2D eigenvalue weighted by molar-refractivity contribution is 5.76. The van der Waals surface area contributed by atoms with Gasteiger partial charge in [-0.1, -0.05) is 17.3 Å². The van der Waals surface area contributed by atoms with Gasteiger partial charge in [0.2, 0.25) is 12.2 Å². The lowest BCUT2D eigenvalue weighted by atomic mass is 10.1. The maximum Gasteiger partial charge on any atom is 0.252 e. The van der Waals surface area contributed by atoms with Crippen LogP contribution in [0.3, 0.4) is 0 Å². The van der Waals surface area contributed by atoms with Crippen molar-refractivity contribution in [2.24, 2.45) is 0 Å². The summed E-state index contributed by atoms with van der Waals surface area (Å²) in [6, 6.07) is 8.60. The van der Waals surface area contributed by atoms with Gasteiger partial charge in [-0.2, -0.15) is 4.98 Å². The van der Waals surface area contributed by atoms with Gasteiger partial charge < -0.3 is 23.7 Å². The third-order valence-corrected chi connectivity index (χ3v) is 4.49. The molecule has 0 radical (unpaired) electrons. The van der Waals surface area contributed by atoms with Crippen LogP contribution >= 0.6 is 0 Å². The zero-order valence-corrected chi connectivity index (χ0v) is 18.0. The van der Waals surface area contributed by atoms with Crippen molar-refractivity contribution in [3.8, 4) is 11.4 Å². The fourth-order valence-corrected chi connectivity index (χ4v) is 2.79. The predicted octanol–water partition coefficient (Wildman–Crippen LogP) is 3.56. The smallest absolute Gasteiger partial charge is 0.252 e. The number of methoxy groups -OCH3 is 1. The first-order valence-corrected chi connectivity index (χ1v) is 9.81. The fourth-order valence-electron chi connectivity index (χ4n) is 2.79. The molecule has 9 nitrogen and oxygen atoms in total. The van der Waals surface area contributed by atoms with Crippen LogP contribution in [-0.4, -0.2) is 46.3 Å². The molecule has 0 aliphatic heterocycles. The molecule has 0 aliphatic rings. The lowest BCUT2D eigenvalue weighted by Crippen LogP contribution is -2.01. The number of aryl methyl sites for hydroxylation is 2. The van der Waals surface area contributed by atoms with Gasteiger partial charge in [0, 0.05) is 36.4 Å². The number of rotatable bonds is 8. The number of amides is 1. The Labute approximate surface area is 184 Å². The summed E-state index contributed by atoms with van der Waals surface area (Å²) in [5.74, 6) is 0.611. The Morgan fingerprint density at radius 1 is 1.22 bits per heavy atom. The van der Waals surface area contributed by atoms with Crippen molar-refractivity contribution in [1.29, 1.82) is 0 Å². The van der Waals surface area contributed by atoms with Crippen LogP contribution in [0.1, 0.15) is 17.1 Å². The van der Waals surface area contributed by atoms with E-state index < -0.39 is 0 Å². The molecule has 1 amide bonds. The summed E-state index contributed by atoms with van der Waals surface area (Å²) in [5.41, 5.74) is 4.16. The van der Waals surface area contributed by atoms with E-state index in [2.05, 4.69) is 20.4 Å². The molecule has 0 bridgehead atoms. The second-order valence-corrected chi connectivity index (χ2v) is 6.82. The fraction of sp³-hybridized carbons (Fsp3) is 0.273. The van der Waals surface area contributed by atoms with E-state index in [1.54, 1.807) is 29.8 Å². The first-order chi connectivity index (χ1) is 15.5. The normalized spacial score (nSPS) is 10.6. The number of carbonyl (C=O) groups is 1. The first kappa shape index (κ1) is 23.0. The van der Waals surface area contributed by atoms with Crippen LogP contribution in [-0.2, 0) is 20.9 Å². The molecule has 0 fully saturated rings. The maximum absolute atomic E-state index is 12.6. The number of carbonyl (C=O) groups excluding carboxylic acids is 1. The summed E-state index contributed by atoms with van der Waals surface area (Å²) in [6.45, 7) is 5.01. The topological polar surface area (TPSA) is 104 Å². The average molecular weight is 441 g/mol. The Morgan fingerprint density at radius 2 is 2.06 bits per heavy atom. The third-order valence-electron chi connectivity index (χ3n) is 4.49. The van der Waals surface area contributed by atoms with Crippen LogP contribution in [0.25, 0.3) is 17.0 Å².